The van der Waals surface area contributed by atoms with Gasteiger partial charge in [-0.1, -0.05) is 77.6 Å². The van der Waals surface area contributed by atoms with Gasteiger partial charge in [0.1, 0.15) is 12.6 Å². The summed E-state index contributed by atoms with van der Waals surface area (Å²) in [4.78, 5) is 28.1. The third-order valence-electron chi connectivity index (χ3n) is 6.12. The van der Waals surface area contributed by atoms with Gasteiger partial charge >= 0.3 is 0 Å². The van der Waals surface area contributed by atoms with Crippen LogP contribution in [-0.2, 0) is 26.2 Å². The minimum absolute atomic E-state index is 0.00439. The summed E-state index contributed by atoms with van der Waals surface area (Å²) in [5, 5.41) is 3.57. The van der Waals surface area contributed by atoms with Crippen molar-refractivity contribution in [2.75, 3.05) is 17.4 Å². The van der Waals surface area contributed by atoms with Crippen LogP contribution in [0.4, 0.5) is 5.69 Å². The normalized spacial score (nSPS) is 12.1. The Morgan fingerprint density at radius 2 is 1.49 bits per heavy atom. The summed E-state index contributed by atoms with van der Waals surface area (Å²) in [5.74, 6) is -1.03. The van der Waals surface area contributed by atoms with Crippen LogP contribution in [0.25, 0.3) is 0 Å². The maximum absolute atomic E-state index is 13.9. The Hall–Kier alpha value is -2.78. The van der Waals surface area contributed by atoms with Gasteiger partial charge in [0.25, 0.3) is 10.0 Å². The average Bonchev–Trinajstić information content (AvgIpc) is 2.90. The first kappa shape index (κ1) is 30.8. The first-order valence-electron chi connectivity index (χ1n) is 12.3. The number of sulfonamides is 1. The van der Waals surface area contributed by atoms with Gasteiger partial charge in [0, 0.05) is 28.7 Å². The number of nitrogens with zero attached hydrogens (tertiary/aromatic N) is 2. The van der Waals surface area contributed by atoms with Crippen LogP contribution < -0.4 is 9.62 Å². The van der Waals surface area contributed by atoms with Gasteiger partial charge in [-0.05, 0) is 56.7 Å². The Morgan fingerprint density at radius 3 is 2.08 bits per heavy atom. The Bertz CT molecular complexity index is 1410. The molecule has 2 amide bonds. The standard InChI is InChI=1S/C28H30Cl3N3O4S/c1-4-16-32-28(36)20(3)33(17-22-23(29)9-7-10-24(22)30)27(35)18-34(26-11-6-5-8-25(26)31)39(37,38)21-14-12-19(2)13-15-21/h5-15,20H,4,16-18H2,1-3H3,(H,32,36). The van der Waals surface area contributed by atoms with Gasteiger partial charge in [-0.25, -0.2) is 8.42 Å². The van der Waals surface area contributed by atoms with Crippen LogP contribution in [-0.4, -0.2) is 44.3 Å². The van der Waals surface area contributed by atoms with E-state index in [1.165, 1.54) is 23.1 Å². The fourth-order valence-electron chi connectivity index (χ4n) is 3.84. The smallest absolute Gasteiger partial charge is 0.264 e. The molecule has 0 spiro atoms. The van der Waals surface area contributed by atoms with Crippen molar-refractivity contribution in [2.24, 2.45) is 0 Å². The molecule has 3 aromatic carbocycles. The molecule has 0 heterocycles. The minimum Gasteiger partial charge on any atom is -0.354 e. The van der Waals surface area contributed by atoms with E-state index in [0.717, 1.165) is 9.87 Å². The van der Waals surface area contributed by atoms with Crippen molar-refractivity contribution >= 4 is 62.3 Å². The molecule has 0 aliphatic heterocycles. The van der Waals surface area contributed by atoms with Gasteiger partial charge in [-0.3, -0.25) is 13.9 Å². The fourth-order valence-corrected chi connectivity index (χ4v) is 6.07. The molecule has 1 atom stereocenters. The highest BCUT2D eigenvalue weighted by molar-refractivity contribution is 7.92. The predicted octanol–water partition coefficient (Wildman–Crippen LogP) is 6.09. The first-order valence-corrected chi connectivity index (χ1v) is 14.9. The topological polar surface area (TPSA) is 86.8 Å². The molecule has 0 saturated heterocycles. The van der Waals surface area contributed by atoms with Crippen LogP contribution in [0.2, 0.25) is 15.1 Å². The van der Waals surface area contributed by atoms with E-state index in [4.69, 9.17) is 34.8 Å². The molecule has 0 saturated carbocycles. The van der Waals surface area contributed by atoms with E-state index in [9.17, 15) is 18.0 Å². The van der Waals surface area contributed by atoms with E-state index >= 15 is 0 Å². The Kier molecular flexibility index (Phi) is 10.7. The minimum atomic E-state index is -4.22. The van der Waals surface area contributed by atoms with E-state index in [1.807, 2.05) is 13.8 Å². The molecule has 1 N–H and O–H groups in total. The zero-order chi connectivity index (χ0) is 28.7. The molecule has 1 unspecified atom stereocenters. The Morgan fingerprint density at radius 1 is 0.897 bits per heavy atom. The second-order valence-electron chi connectivity index (χ2n) is 8.96. The van der Waals surface area contributed by atoms with Crippen LogP contribution in [0.5, 0.6) is 0 Å². The number of hydrogen-bond donors (Lipinski definition) is 1. The average molecular weight is 611 g/mol. The summed E-state index contributed by atoms with van der Waals surface area (Å²) < 4.78 is 28.6. The lowest BCUT2D eigenvalue weighted by Gasteiger charge is -2.32. The monoisotopic (exact) mass is 609 g/mol. The number of carbonyl (C=O) groups excluding carboxylic acids is 2. The molecular formula is C28H30Cl3N3O4S. The lowest BCUT2D eigenvalue weighted by molar-refractivity contribution is -0.139. The molecule has 39 heavy (non-hydrogen) atoms. The molecular weight excluding hydrogens is 581 g/mol. The van der Waals surface area contributed by atoms with Crippen LogP contribution >= 0.6 is 34.8 Å². The molecule has 11 heteroatoms. The van der Waals surface area contributed by atoms with Crippen molar-refractivity contribution in [2.45, 2.75) is 44.7 Å². The van der Waals surface area contributed by atoms with Gasteiger partial charge in [0.2, 0.25) is 11.8 Å². The van der Waals surface area contributed by atoms with E-state index in [1.54, 1.807) is 55.5 Å². The second kappa shape index (κ2) is 13.5. The van der Waals surface area contributed by atoms with Crippen molar-refractivity contribution in [1.82, 2.24) is 10.2 Å². The SMILES string of the molecule is CCCNC(=O)C(C)N(Cc1c(Cl)cccc1Cl)C(=O)CN(c1ccccc1Cl)S(=O)(=O)c1ccc(C)cc1. The summed E-state index contributed by atoms with van der Waals surface area (Å²) in [6.07, 6.45) is 0.706. The third-order valence-corrected chi connectivity index (χ3v) is 8.92. The fraction of sp³-hybridized carbons (Fsp3) is 0.286. The van der Waals surface area contributed by atoms with E-state index in [0.29, 0.717) is 28.6 Å². The second-order valence-corrected chi connectivity index (χ2v) is 12.0. The number of anilines is 1. The molecule has 7 nitrogen and oxygen atoms in total. The Labute approximate surface area is 244 Å². The lowest BCUT2D eigenvalue weighted by atomic mass is 10.1. The van der Waals surface area contributed by atoms with Crippen molar-refractivity contribution in [3.8, 4) is 0 Å². The number of hydrogen-bond acceptors (Lipinski definition) is 4. The summed E-state index contributed by atoms with van der Waals surface area (Å²) in [6, 6.07) is 16.6. The molecule has 0 bridgehead atoms. The number of benzene rings is 3. The summed E-state index contributed by atoms with van der Waals surface area (Å²) in [6.45, 7) is 5.02. The van der Waals surface area contributed by atoms with Crippen molar-refractivity contribution in [3.63, 3.8) is 0 Å². The summed E-state index contributed by atoms with van der Waals surface area (Å²) in [5.41, 5.74) is 1.45. The number of amides is 2. The van der Waals surface area contributed by atoms with E-state index < -0.39 is 28.5 Å². The molecule has 0 aliphatic rings. The van der Waals surface area contributed by atoms with Crippen LogP contribution in [0.1, 0.15) is 31.4 Å². The number of para-hydroxylation sites is 1. The molecule has 208 valence electrons. The lowest BCUT2D eigenvalue weighted by Crippen LogP contribution is -2.51. The Balaban J connectivity index is 2.07. The predicted molar refractivity (Wildman–Crippen MR) is 157 cm³/mol. The zero-order valence-corrected chi connectivity index (χ0v) is 24.9. The zero-order valence-electron chi connectivity index (χ0n) is 21.8. The van der Waals surface area contributed by atoms with Gasteiger partial charge in [-0.2, -0.15) is 0 Å². The van der Waals surface area contributed by atoms with Crippen LogP contribution in [0.3, 0.4) is 0 Å². The molecule has 0 radical (unpaired) electrons. The van der Waals surface area contributed by atoms with Crippen LogP contribution in [0.15, 0.2) is 71.6 Å². The van der Waals surface area contributed by atoms with E-state index in [2.05, 4.69) is 5.32 Å². The third kappa shape index (κ3) is 7.45. The highest BCUT2D eigenvalue weighted by Gasteiger charge is 2.33. The largest absolute Gasteiger partial charge is 0.354 e. The highest BCUT2D eigenvalue weighted by atomic mass is 35.5. The molecule has 3 rings (SSSR count). The summed E-state index contributed by atoms with van der Waals surface area (Å²) in [7, 11) is -4.22. The van der Waals surface area contributed by atoms with E-state index in [-0.39, 0.29) is 28.1 Å². The maximum Gasteiger partial charge on any atom is 0.264 e. The highest BCUT2D eigenvalue weighted by Crippen LogP contribution is 2.31. The number of aryl methyl sites for hydroxylation is 1. The maximum atomic E-state index is 13.9. The quantitative estimate of drug-likeness (QED) is 0.285. The first-order chi connectivity index (χ1) is 18.5. The van der Waals surface area contributed by atoms with Gasteiger partial charge in [-0.15, -0.1) is 0 Å². The molecule has 3 aromatic rings. The molecule has 0 aromatic heterocycles. The number of rotatable bonds is 11. The van der Waals surface area contributed by atoms with Gasteiger partial charge in [0.15, 0.2) is 0 Å². The molecule has 0 fully saturated rings. The van der Waals surface area contributed by atoms with Crippen LogP contribution in [0, 0.1) is 6.92 Å². The number of carbonyl (C=O) groups is 2. The van der Waals surface area contributed by atoms with Crippen molar-refractivity contribution in [3.05, 3.63) is 92.9 Å². The molecule has 0 aliphatic carbocycles. The number of halogens is 3. The number of nitrogens with one attached hydrogen (secondary N) is 1. The van der Waals surface area contributed by atoms with Crippen molar-refractivity contribution in [1.29, 1.82) is 0 Å². The van der Waals surface area contributed by atoms with Gasteiger partial charge in [0.05, 0.1) is 15.6 Å². The van der Waals surface area contributed by atoms with Gasteiger partial charge < -0.3 is 10.2 Å². The summed E-state index contributed by atoms with van der Waals surface area (Å²) >= 11 is 19.2. The van der Waals surface area contributed by atoms with Crippen molar-refractivity contribution < 1.29 is 18.0 Å².